The Kier molecular flexibility index (Phi) is 8.39. The number of likely N-dealkylation sites (tertiary alicyclic amines) is 1. The summed E-state index contributed by atoms with van der Waals surface area (Å²) in [5.41, 5.74) is 7.18. The quantitative estimate of drug-likeness (QED) is 0.933. The topological polar surface area (TPSA) is 42.2 Å². The third kappa shape index (κ3) is 5.02. The molecule has 2 heterocycles. The van der Waals surface area contributed by atoms with Crippen LogP contribution in [0.3, 0.4) is 0 Å². The van der Waals surface area contributed by atoms with Crippen molar-refractivity contribution < 1.29 is 0 Å². The zero-order chi connectivity index (χ0) is 11.5. The third-order valence-corrected chi connectivity index (χ3v) is 4.19. The van der Waals surface area contributed by atoms with Crippen LogP contribution < -0.4 is 5.73 Å². The lowest BCUT2D eigenvalue weighted by Crippen LogP contribution is -2.42. The highest BCUT2D eigenvalue weighted by Crippen LogP contribution is 2.20. The summed E-state index contributed by atoms with van der Waals surface area (Å²) in [5, 5.41) is 3.44. The van der Waals surface area contributed by atoms with Crippen LogP contribution in [0.4, 0.5) is 0 Å². The van der Waals surface area contributed by atoms with Crippen LogP contribution in [0.25, 0.3) is 0 Å². The van der Waals surface area contributed by atoms with Crippen LogP contribution in [0, 0.1) is 0 Å². The van der Waals surface area contributed by atoms with Crippen LogP contribution in [-0.4, -0.2) is 29.0 Å². The molecule has 0 bridgehead atoms. The van der Waals surface area contributed by atoms with Crippen LogP contribution in [0.15, 0.2) is 5.38 Å². The van der Waals surface area contributed by atoms with Gasteiger partial charge in [-0.3, -0.25) is 4.90 Å². The number of hydrogen-bond acceptors (Lipinski definition) is 4. The lowest BCUT2D eigenvalue weighted by molar-refractivity contribution is 0.199. The maximum Gasteiger partial charge on any atom is 0.0954 e. The highest BCUT2D eigenvalue weighted by atomic mass is 35.5. The van der Waals surface area contributed by atoms with Crippen molar-refractivity contribution >= 4 is 36.2 Å². The van der Waals surface area contributed by atoms with Gasteiger partial charge in [-0.2, -0.15) is 0 Å². The Morgan fingerprint density at radius 2 is 2.22 bits per heavy atom. The standard InChI is InChI=1S/C12H21N3S.2ClH/c1-9(2)12-14-11(8-16-12)7-15-5-3-4-10(13)6-15;;/h8-10H,3-7,13H2,1-2H3;2*1H. The van der Waals surface area contributed by atoms with Gasteiger partial charge in [0.25, 0.3) is 0 Å². The molecule has 0 aliphatic carbocycles. The Morgan fingerprint density at radius 1 is 1.50 bits per heavy atom. The minimum atomic E-state index is 0. The van der Waals surface area contributed by atoms with Gasteiger partial charge in [0.2, 0.25) is 0 Å². The number of piperidine rings is 1. The molecule has 0 spiro atoms. The van der Waals surface area contributed by atoms with Gasteiger partial charge >= 0.3 is 0 Å². The lowest BCUT2D eigenvalue weighted by Gasteiger charge is -2.29. The molecule has 18 heavy (non-hydrogen) atoms. The second-order valence-electron chi connectivity index (χ2n) is 4.97. The van der Waals surface area contributed by atoms with Gasteiger partial charge in [-0.1, -0.05) is 13.8 Å². The Balaban J connectivity index is 0.00000144. The molecule has 106 valence electrons. The van der Waals surface area contributed by atoms with Crippen molar-refractivity contribution in [2.75, 3.05) is 13.1 Å². The summed E-state index contributed by atoms with van der Waals surface area (Å²) < 4.78 is 0. The Bertz CT molecular complexity index is 344. The van der Waals surface area contributed by atoms with Gasteiger partial charge in [-0.05, 0) is 19.4 Å². The zero-order valence-corrected chi connectivity index (χ0v) is 13.4. The summed E-state index contributed by atoms with van der Waals surface area (Å²) in [6, 6.07) is 0.358. The van der Waals surface area contributed by atoms with Crippen molar-refractivity contribution in [3.63, 3.8) is 0 Å². The molecule has 0 saturated carbocycles. The molecule has 1 aliphatic rings. The second kappa shape index (κ2) is 8.33. The molecule has 1 aromatic heterocycles. The van der Waals surface area contributed by atoms with Crippen LogP contribution >= 0.6 is 36.2 Å². The van der Waals surface area contributed by atoms with Gasteiger partial charge in [0.15, 0.2) is 0 Å². The smallest absolute Gasteiger partial charge is 0.0954 e. The summed E-state index contributed by atoms with van der Waals surface area (Å²) in [4.78, 5) is 7.09. The van der Waals surface area contributed by atoms with Crippen LogP contribution in [0.2, 0.25) is 0 Å². The summed E-state index contributed by atoms with van der Waals surface area (Å²) in [6.07, 6.45) is 2.40. The van der Waals surface area contributed by atoms with E-state index in [0.29, 0.717) is 12.0 Å². The molecule has 1 fully saturated rings. The summed E-state index contributed by atoms with van der Waals surface area (Å²) in [5.74, 6) is 0.544. The van der Waals surface area contributed by atoms with Crippen molar-refractivity contribution in [1.29, 1.82) is 0 Å². The third-order valence-electron chi connectivity index (χ3n) is 2.99. The number of thiazole rings is 1. The number of rotatable bonds is 3. The largest absolute Gasteiger partial charge is 0.327 e. The number of hydrogen-bond donors (Lipinski definition) is 1. The SMILES string of the molecule is CC(C)c1nc(CN2CCCC(N)C2)cs1.Cl.Cl. The van der Waals surface area contributed by atoms with Crippen molar-refractivity contribution in [2.24, 2.45) is 5.73 Å². The first kappa shape index (κ1) is 18.1. The van der Waals surface area contributed by atoms with Crippen molar-refractivity contribution in [1.82, 2.24) is 9.88 Å². The van der Waals surface area contributed by atoms with E-state index < -0.39 is 0 Å². The van der Waals surface area contributed by atoms with Crippen molar-refractivity contribution in [3.8, 4) is 0 Å². The maximum atomic E-state index is 5.97. The minimum Gasteiger partial charge on any atom is -0.327 e. The fourth-order valence-corrected chi connectivity index (χ4v) is 2.95. The van der Waals surface area contributed by atoms with E-state index in [1.807, 2.05) is 0 Å². The Hall–Kier alpha value is 0.130. The predicted molar refractivity (Wildman–Crippen MR) is 83.2 cm³/mol. The van der Waals surface area contributed by atoms with Gasteiger partial charge in [-0.15, -0.1) is 36.2 Å². The van der Waals surface area contributed by atoms with E-state index in [2.05, 4.69) is 29.1 Å². The monoisotopic (exact) mass is 311 g/mol. The normalized spacial score (nSPS) is 20.3. The Morgan fingerprint density at radius 3 is 2.78 bits per heavy atom. The lowest BCUT2D eigenvalue weighted by atomic mass is 10.1. The highest BCUT2D eigenvalue weighted by Gasteiger charge is 2.17. The van der Waals surface area contributed by atoms with E-state index in [1.165, 1.54) is 30.1 Å². The minimum absolute atomic E-state index is 0. The summed E-state index contributed by atoms with van der Waals surface area (Å²) >= 11 is 1.78. The maximum absolute atomic E-state index is 5.97. The molecule has 0 aromatic carbocycles. The molecule has 1 saturated heterocycles. The summed E-state index contributed by atoms with van der Waals surface area (Å²) in [7, 11) is 0. The number of nitrogens with zero attached hydrogens (tertiary/aromatic N) is 2. The van der Waals surface area contributed by atoms with E-state index in [-0.39, 0.29) is 24.8 Å². The molecule has 1 unspecified atom stereocenters. The van der Waals surface area contributed by atoms with E-state index >= 15 is 0 Å². The molecule has 2 N–H and O–H groups in total. The molecule has 6 heteroatoms. The zero-order valence-electron chi connectivity index (χ0n) is 11.0. The molecule has 0 amide bonds. The Labute approximate surface area is 126 Å². The van der Waals surface area contributed by atoms with E-state index in [1.54, 1.807) is 11.3 Å². The van der Waals surface area contributed by atoms with Gasteiger partial charge < -0.3 is 5.73 Å². The molecule has 1 aromatic rings. The summed E-state index contributed by atoms with van der Waals surface area (Å²) in [6.45, 7) is 7.55. The molecule has 1 atom stereocenters. The molecule has 0 radical (unpaired) electrons. The van der Waals surface area contributed by atoms with Crippen LogP contribution in [-0.2, 0) is 6.54 Å². The number of aromatic nitrogens is 1. The molecule has 2 rings (SSSR count). The average molecular weight is 312 g/mol. The van der Waals surface area contributed by atoms with E-state index in [9.17, 15) is 0 Å². The fourth-order valence-electron chi connectivity index (χ4n) is 2.12. The van der Waals surface area contributed by atoms with Gasteiger partial charge in [0, 0.05) is 30.4 Å². The molecular weight excluding hydrogens is 289 g/mol. The number of nitrogens with two attached hydrogens (primary N) is 1. The first-order chi connectivity index (χ1) is 7.65. The molecular formula is C12H23Cl2N3S. The van der Waals surface area contributed by atoms with Gasteiger partial charge in [-0.25, -0.2) is 4.98 Å². The fraction of sp³-hybridized carbons (Fsp3) is 0.750. The van der Waals surface area contributed by atoms with Crippen LogP contribution in [0.5, 0.6) is 0 Å². The predicted octanol–water partition coefficient (Wildman–Crippen LogP) is 3.03. The first-order valence-electron chi connectivity index (χ1n) is 6.07. The van der Waals surface area contributed by atoms with E-state index in [0.717, 1.165) is 13.1 Å². The molecule has 3 nitrogen and oxygen atoms in total. The highest BCUT2D eigenvalue weighted by molar-refractivity contribution is 7.09. The van der Waals surface area contributed by atoms with Gasteiger partial charge in [0.1, 0.15) is 0 Å². The first-order valence-corrected chi connectivity index (χ1v) is 6.95. The van der Waals surface area contributed by atoms with Crippen molar-refractivity contribution in [3.05, 3.63) is 16.1 Å². The van der Waals surface area contributed by atoms with E-state index in [4.69, 9.17) is 5.73 Å². The molecule has 1 aliphatic heterocycles. The van der Waals surface area contributed by atoms with Crippen LogP contribution in [0.1, 0.15) is 43.3 Å². The van der Waals surface area contributed by atoms with Crippen molar-refractivity contribution in [2.45, 2.75) is 45.2 Å². The average Bonchev–Trinajstić information content (AvgIpc) is 2.66. The van der Waals surface area contributed by atoms with Gasteiger partial charge in [0.05, 0.1) is 10.7 Å². The number of halogens is 2. The second-order valence-corrected chi connectivity index (χ2v) is 5.86.